The van der Waals surface area contributed by atoms with Crippen LogP contribution in [0.2, 0.25) is 8.67 Å². The molecule has 0 aliphatic heterocycles. The van der Waals surface area contributed by atoms with Crippen LogP contribution in [-0.2, 0) is 0 Å². The van der Waals surface area contributed by atoms with Crippen molar-refractivity contribution in [3.8, 4) is 0 Å². The van der Waals surface area contributed by atoms with Gasteiger partial charge in [-0.15, -0.1) is 11.3 Å². The van der Waals surface area contributed by atoms with Gasteiger partial charge in [0.05, 0.1) is 15.6 Å². The fourth-order valence-electron chi connectivity index (χ4n) is 1.19. The molecule has 1 N–H and O–H groups in total. The third-order valence-electron chi connectivity index (χ3n) is 1.96. The molecule has 2 aromatic rings. The summed E-state index contributed by atoms with van der Waals surface area (Å²) in [4.78, 5) is 14.7. The predicted octanol–water partition coefficient (Wildman–Crippen LogP) is 3.98. The van der Waals surface area contributed by atoms with Crippen LogP contribution in [0, 0.1) is 11.9 Å². The summed E-state index contributed by atoms with van der Waals surface area (Å²) in [7, 11) is 0. The fourth-order valence-corrected chi connectivity index (χ4v) is 2.65. The summed E-state index contributed by atoms with van der Waals surface area (Å²) in [5.41, 5.74) is -0.116. The van der Waals surface area contributed by atoms with E-state index in [-0.39, 0.29) is 15.6 Å². The average Bonchev–Trinajstić information content (AvgIpc) is 2.62. The second-order valence-corrected chi connectivity index (χ2v) is 5.45. The highest BCUT2D eigenvalue weighted by molar-refractivity contribution is 7.20. The third kappa shape index (κ3) is 2.77. The van der Waals surface area contributed by atoms with E-state index in [4.69, 9.17) is 23.2 Å². The quantitative estimate of drug-likeness (QED) is 0.853. The van der Waals surface area contributed by atoms with Crippen molar-refractivity contribution in [2.24, 2.45) is 0 Å². The number of nitrogens with zero attached hydrogens (tertiary/aromatic N) is 1. The molecule has 0 saturated heterocycles. The van der Waals surface area contributed by atoms with Crippen LogP contribution in [0.15, 0.2) is 18.2 Å². The SMILES string of the molecule is O=C(Nc1ccc(F)nc1F)c1cc(Cl)sc1Cl. The van der Waals surface area contributed by atoms with Crippen LogP contribution in [-0.4, -0.2) is 10.9 Å². The van der Waals surface area contributed by atoms with Gasteiger partial charge in [-0.05, 0) is 18.2 Å². The summed E-state index contributed by atoms with van der Waals surface area (Å²) in [5, 5.41) is 2.23. The Hall–Kier alpha value is -1.24. The zero-order valence-corrected chi connectivity index (χ0v) is 10.8. The number of pyridine rings is 1. The van der Waals surface area contributed by atoms with Gasteiger partial charge in [0.25, 0.3) is 5.91 Å². The van der Waals surface area contributed by atoms with Crippen molar-refractivity contribution in [3.63, 3.8) is 0 Å². The Labute approximate surface area is 114 Å². The summed E-state index contributed by atoms with van der Waals surface area (Å²) in [6, 6.07) is 3.36. The molecule has 0 saturated carbocycles. The highest BCUT2D eigenvalue weighted by Gasteiger charge is 2.16. The molecule has 8 heteroatoms. The molecule has 0 unspecified atom stereocenters. The lowest BCUT2D eigenvalue weighted by Gasteiger charge is -2.04. The van der Waals surface area contributed by atoms with Crippen molar-refractivity contribution in [1.82, 2.24) is 4.98 Å². The molecule has 0 atom stereocenters. The molecule has 2 aromatic heterocycles. The van der Waals surface area contributed by atoms with Crippen molar-refractivity contribution in [3.05, 3.63) is 44.3 Å². The molecule has 0 bridgehead atoms. The van der Waals surface area contributed by atoms with Gasteiger partial charge in [-0.25, -0.2) is 0 Å². The van der Waals surface area contributed by atoms with Crippen molar-refractivity contribution in [2.75, 3.05) is 5.32 Å². The highest BCUT2D eigenvalue weighted by Crippen LogP contribution is 2.31. The molecular weight excluding hydrogens is 305 g/mol. The zero-order chi connectivity index (χ0) is 13.3. The monoisotopic (exact) mass is 308 g/mol. The number of carbonyl (C=O) groups excluding carboxylic acids is 1. The van der Waals surface area contributed by atoms with Gasteiger partial charge in [0.1, 0.15) is 4.34 Å². The van der Waals surface area contributed by atoms with Gasteiger partial charge < -0.3 is 5.32 Å². The van der Waals surface area contributed by atoms with Crippen LogP contribution in [0.25, 0.3) is 0 Å². The maximum atomic E-state index is 13.2. The van der Waals surface area contributed by atoms with E-state index in [9.17, 15) is 13.6 Å². The Kier molecular flexibility index (Phi) is 3.79. The average molecular weight is 309 g/mol. The van der Waals surface area contributed by atoms with Gasteiger partial charge in [0.2, 0.25) is 11.9 Å². The van der Waals surface area contributed by atoms with E-state index in [1.807, 2.05) is 0 Å². The van der Waals surface area contributed by atoms with Gasteiger partial charge in [-0.3, -0.25) is 4.79 Å². The van der Waals surface area contributed by atoms with E-state index in [0.717, 1.165) is 23.5 Å². The van der Waals surface area contributed by atoms with Crippen LogP contribution < -0.4 is 5.32 Å². The van der Waals surface area contributed by atoms with Gasteiger partial charge >= 0.3 is 0 Å². The number of thiophene rings is 1. The summed E-state index contributed by atoms with van der Waals surface area (Å²) in [5.74, 6) is -2.72. The number of aromatic nitrogens is 1. The minimum atomic E-state index is -1.11. The molecule has 0 aromatic carbocycles. The minimum absolute atomic E-state index is 0.121. The molecule has 94 valence electrons. The van der Waals surface area contributed by atoms with Gasteiger partial charge in [0.15, 0.2) is 0 Å². The number of hydrogen-bond donors (Lipinski definition) is 1. The Bertz CT molecular complexity index is 618. The molecular formula is C10H4Cl2F2N2OS. The summed E-state index contributed by atoms with van der Waals surface area (Å²) < 4.78 is 26.3. The molecule has 0 radical (unpaired) electrons. The van der Waals surface area contributed by atoms with Crippen LogP contribution >= 0.6 is 34.5 Å². The van der Waals surface area contributed by atoms with E-state index >= 15 is 0 Å². The lowest BCUT2D eigenvalue weighted by atomic mass is 10.3. The number of hydrogen-bond acceptors (Lipinski definition) is 3. The maximum absolute atomic E-state index is 13.2. The fraction of sp³-hybridized carbons (Fsp3) is 0. The lowest BCUT2D eigenvalue weighted by molar-refractivity contribution is 0.102. The molecule has 18 heavy (non-hydrogen) atoms. The first kappa shape index (κ1) is 13.2. The first-order chi connectivity index (χ1) is 8.47. The smallest absolute Gasteiger partial charge is 0.258 e. The number of anilines is 1. The lowest BCUT2D eigenvalue weighted by Crippen LogP contribution is -2.13. The Balaban J connectivity index is 2.24. The Morgan fingerprint density at radius 1 is 1.33 bits per heavy atom. The van der Waals surface area contributed by atoms with Crippen LogP contribution in [0.4, 0.5) is 14.5 Å². The predicted molar refractivity (Wildman–Crippen MR) is 66.4 cm³/mol. The van der Waals surface area contributed by atoms with E-state index in [2.05, 4.69) is 10.3 Å². The number of nitrogens with one attached hydrogen (secondary N) is 1. The van der Waals surface area contributed by atoms with Gasteiger partial charge in [0, 0.05) is 0 Å². The van der Waals surface area contributed by atoms with Gasteiger partial charge in [-0.2, -0.15) is 13.8 Å². The summed E-state index contributed by atoms with van der Waals surface area (Å²) in [6.07, 6.45) is 0. The van der Waals surface area contributed by atoms with E-state index < -0.39 is 17.8 Å². The largest absolute Gasteiger partial charge is 0.318 e. The summed E-state index contributed by atoms with van der Waals surface area (Å²) >= 11 is 12.5. The molecule has 2 rings (SSSR count). The summed E-state index contributed by atoms with van der Waals surface area (Å²) in [6.45, 7) is 0. The van der Waals surface area contributed by atoms with Crippen LogP contribution in [0.5, 0.6) is 0 Å². The van der Waals surface area contributed by atoms with Crippen LogP contribution in [0.1, 0.15) is 10.4 Å². The molecule has 0 aliphatic rings. The van der Waals surface area contributed by atoms with E-state index in [0.29, 0.717) is 4.34 Å². The minimum Gasteiger partial charge on any atom is -0.318 e. The molecule has 0 spiro atoms. The second-order valence-electron chi connectivity index (χ2n) is 3.16. The number of rotatable bonds is 2. The standard InChI is InChI=1S/C10H4Cl2F2N2OS/c11-6-3-4(8(12)18-6)10(17)15-5-1-2-7(13)16-9(5)14/h1-3H,(H,15,17). The third-order valence-corrected chi connectivity index (χ3v) is 3.45. The maximum Gasteiger partial charge on any atom is 0.258 e. The molecule has 0 aliphatic carbocycles. The highest BCUT2D eigenvalue weighted by atomic mass is 35.5. The van der Waals surface area contributed by atoms with E-state index in [1.165, 1.54) is 6.07 Å². The number of halogens is 4. The molecule has 1 amide bonds. The number of amides is 1. The molecule has 3 nitrogen and oxygen atoms in total. The van der Waals surface area contributed by atoms with Crippen molar-refractivity contribution in [2.45, 2.75) is 0 Å². The Morgan fingerprint density at radius 2 is 2.06 bits per heavy atom. The normalized spacial score (nSPS) is 10.4. The van der Waals surface area contributed by atoms with Crippen molar-refractivity contribution in [1.29, 1.82) is 0 Å². The Morgan fingerprint density at radius 3 is 2.61 bits per heavy atom. The molecule has 2 heterocycles. The zero-order valence-electron chi connectivity index (χ0n) is 8.51. The van der Waals surface area contributed by atoms with E-state index in [1.54, 1.807) is 0 Å². The molecule has 0 fully saturated rings. The van der Waals surface area contributed by atoms with Crippen molar-refractivity contribution < 1.29 is 13.6 Å². The first-order valence-corrected chi connectivity index (χ1v) is 6.13. The second kappa shape index (κ2) is 5.17. The first-order valence-electron chi connectivity index (χ1n) is 4.55. The topological polar surface area (TPSA) is 42.0 Å². The van der Waals surface area contributed by atoms with Crippen molar-refractivity contribution >= 4 is 46.1 Å². The van der Waals surface area contributed by atoms with Crippen LogP contribution in [0.3, 0.4) is 0 Å². The number of carbonyl (C=O) groups is 1. The van der Waals surface area contributed by atoms with Gasteiger partial charge in [-0.1, -0.05) is 23.2 Å².